The Morgan fingerprint density at radius 2 is 2.50 bits per heavy atom. The quantitative estimate of drug-likeness (QED) is 0.546. The average Bonchev–Trinajstić information content (AvgIpc) is 1.99. The second-order valence-electron chi connectivity index (χ2n) is 2.34. The average molecular weight is 191 g/mol. The van der Waals surface area contributed by atoms with E-state index in [4.69, 9.17) is 10.2 Å². The highest BCUT2D eigenvalue weighted by Crippen LogP contribution is 2.32. The molecule has 12 heavy (non-hydrogen) atoms. The first-order valence-corrected chi connectivity index (χ1v) is 5.04. The second kappa shape index (κ2) is 5.93. The lowest BCUT2D eigenvalue weighted by Crippen LogP contribution is -2.02. The van der Waals surface area contributed by atoms with E-state index in [0.29, 0.717) is 18.9 Å². The van der Waals surface area contributed by atoms with Crippen LogP contribution in [0.2, 0.25) is 0 Å². The van der Waals surface area contributed by atoms with Crippen molar-refractivity contribution < 1.29 is 13.8 Å². The van der Waals surface area contributed by atoms with Gasteiger partial charge in [-0.3, -0.25) is 4.57 Å². The molecular weight excluding hydrogens is 180 g/mol. The van der Waals surface area contributed by atoms with Crippen LogP contribution in [0.4, 0.5) is 4.39 Å². The van der Waals surface area contributed by atoms with Crippen molar-refractivity contribution in [1.29, 1.82) is 5.26 Å². The zero-order valence-corrected chi connectivity index (χ0v) is 7.75. The molecule has 0 aromatic rings. The van der Waals surface area contributed by atoms with Gasteiger partial charge in [-0.2, -0.15) is 5.26 Å². The van der Waals surface area contributed by atoms with Gasteiger partial charge in [0.1, 0.15) is 5.83 Å². The molecular formula is C7H11FNO2P. The maximum atomic E-state index is 12.8. The summed E-state index contributed by atoms with van der Waals surface area (Å²) in [6, 6.07) is 1.49. The van der Waals surface area contributed by atoms with Crippen LogP contribution in [-0.2, 0) is 4.57 Å². The highest BCUT2D eigenvalue weighted by Gasteiger charge is 2.18. The van der Waals surface area contributed by atoms with Gasteiger partial charge in [-0.25, -0.2) is 4.39 Å². The Kier molecular flexibility index (Phi) is 5.61. The SMILES string of the molecule is CCCC(C(F)=CC#N)[PH](=O)O. The predicted octanol–water partition coefficient (Wildman–Crippen LogP) is 2.00. The van der Waals surface area contributed by atoms with Crippen LogP contribution >= 0.6 is 8.03 Å². The number of nitrogens with zero attached hydrogens (tertiary/aromatic N) is 1. The summed E-state index contributed by atoms with van der Waals surface area (Å²) >= 11 is 0. The minimum Gasteiger partial charge on any atom is -0.346 e. The zero-order valence-electron chi connectivity index (χ0n) is 6.75. The molecule has 0 saturated carbocycles. The predicted molar refractivity (Wildman–Crippen MR) is 44.7 cm³/mol. The molecule has 0 spiro atoms. The minimum absolute atomic E-state index is 0.304. The van der Waals surface area contributed by atoms with Crippen LogP contribution in [0.1, 0.15) is 19.8 Å². The Morgan fingerprint density at radius 3 is 2.83 bits per heavy atom. The third-order valence-electron chi connectivity index (χ3n) is 1.41. The van der Waals surface area contributed by atoms with Crippen molar-refractivity contribution >= 4 is 8.03 Å². The third-order valence-corrected chi connectivity index (χ3v) is 2.57. The van der Waals surface area contributed by atoms with Crippen LogP contribution in [0, 0.1) is 11.3 Å². The molecule has 1 N–H and O–H groups in total. The summed E-state index contributed by atoms with van der Waals surface area (Å²) in [5, 5.41) is 8.10. The van der Waals surface area contributed by atoms with Gasteiger partial charge in [-0.15, -0.1) is 0 Å². The summed E-state index contributed by atoms with van der Waals surface area (Å²) in [5.41, 5.74) is -0.973. The smallest absolute Gasteiger partial charge is 0.198 e. The summed E-state index contributed by atoms with van der Waals surface area (Å²) in [5.74, 6) is -0.786. The van der Waals surface area contributed by atoms with Gasteiger partial charge in [-0.1, -0.05) is 13.3 Å². The molecule has 0 bridgehead atoms. The van der Waals surface area contributed by atoms with E-state index in [1.807, 2.05) is 0 Å². The molecule has 0 aliphatic rings. The molecule has 2 unspecified atom stereocenters. The molecule has 0 aliphatic heterocycles. The van der Waals surface area contributed by atoms with Gasteiger partial charge in [0.2, 0.25) is 0 Å². The Labute approximate surface area is 71.4 Å². The largest absolute Gasteiger partial charge is 0.346 e. The standard InChI is InChI=1S/C7H11FNO2P/c1-2-3-7(12(10)11)6(8)4-5-9/h4,7,12H,2-3H2,1H3,(H,10,11). The summed E-state index contributed by atoms with van der Waals surface area (Å²) in [6.07, 6.45) is 1.60. The van der Waals surface area contributed by atoms with E-state index in [2.05, 4.69) is 0 Å². The van der Waals surface area contributed by atoms with E-state index in [-0.39, 0.29) is 0 Å². The minimum atomic E-state index is -2.90. The van der Waals surface area contributed by atoms with E-state index in [9.17, 15) is 8.96 Å². The van der Waals surface area contributed by atoms with Crippen LogP contribution < -0.4 is 0 Å². The molecule has 0 fully saturated rings. The van der Waals surface area contributed by atoms with Crippen molar-refractivity contribution in [2.75, 3.05) is 0 Å². The lowest BCUT2D eigenvalue weighted by molar-refractivity contribution is 0.472. The first kappa shape index (κ1) is 11.4. The Balaban J connectivity index is 4.42. The fraction of sp³-hybridized carbons (Fsp3) is 0.571. The van der Waals surface area contributed by atoms with E-state index < -0.39 is 19.5 Å². The summed E-state index contributed by atoms with van der Waals surface area (Å²) in [7, 11) is -2.90. The molecule has 0 rings (SSSR count). The van der Waals surface area contributed by atoms with E-state index in [1.165, 1.54) is 6.07 Å². The number of halogens is 1. The van der Waals surface area contributed by atoms with Gasteiger partial charge < -0.3 is 4.89 Å². The van der Waals surface area contributed by atoms with Crippen molar-refractivity contribution in [2.45, 2.75) is 25.4 Å². The maximum Gasteiger partial charge on any atom is 0.198 e. The lowest BCUT2D eigenvalue weighted by atomic mass is 10.2. The monoisotopic (exact) mass is 191 g/mol. The number of hydrogen-bond acceptors (Lipinski definition) is 2. The molecule has 0 heterocycles. The lowest BCUT2D eigenvalue weighted by Gasteiger charge is -2.08. The van der Waals surface area contributed by atoms with Gasteiger partial charge in [0.15, 0.2) is 8.03 Å². The van der Waals surface area contributed by atoms with Crippen molar-refractivity contribution in [1.82, 2.24) is 0 Å². The molecule has 2 atom stereocenters. The Hall–Kier alpha value is -0.650. The summed E-state index contributed by atoms with van der Waals surface area (Å²) in [6.45, 7) is 1.79. The summed E-state index contributed by atoms with van der Waals surface area (Å²) in [4.78, 5) is 8.70. The highest BCUT2D eigenvalue weighted by molar-refractivity contribution is 7.39. The second-order valence-corrected chi connectivity index (χ2v) is 3.71. The summed E-state index contributed by atoms with van der Waals surface area (Å²) < 4.78 is 23.4. The number of rotatable bonds is 4. The van der Waals surface area contributed by atoms with Crippen LogP contribution in [0.25, 0.3) is 0 Å². The van der Waals surface area contributed by atoms with Crippen molar-refractivity contribution in [3.63, 3.8) is 0 Å². The van der Waals surface area contributed by atoms with Gasteiger partial charge in [-0.05, 0) is 6.42 Å². The Bertz CT molecular complexity index is 234. The molecule has 68 valence electrons. The fourth-order valence-electron chi connectivity index (χ4n) is 0.830. The van der Waals surface area contributed by atoms with Gasteiger partial charge in [0.05, 0.1) is 11.7 Å². The molecule has 5 heteroatoms. The van der Waals surface area contributed by atoms with Crippen molar-refractivity contribution in [3.05, 3.63) is 11.9 Å². The molecule has 0 aromatic heterocycles. The molecule has 0 aromatic carbocycles. The molecule has 0 radical (unpaired) electrons. The fourth-order valence-corrected chi connectivity index (χ4v) is 1.69. The van der Waals surface area contributed by atoms with E-state index in [0.717, 1.165) is 0 Å². The molecule has 0 saturated heterocycles. The van der Waals surface area contributed by atoms with E-state index >= 15 is 0 Å². The van der Waals surface area contributed by atoms with Crippen LogP contribution in [-0.4, -0.2) is 10.6 Å². The number of nitriles is 1. The molecule has 0 amide bonds. The van der Waals surface area contributed by atoms with Crippen molar-refractivity contribution in [2.24, 2.45) is 0 Å². The first-order chi connectivity index (χ1) is 5.63. The number of allylic oxidation sites excluding steroid dienone is 2. The van der Waals surface area contributed by atoms with Gasteiger partial charge in [0, 0.05) is 6.08 Å². The van der Waals surface area contributed by atoms with Gasteiger partial charge >= 0.3 is 0 Å². The normalized spacial score (nSPS) is 16.7. The van der Waals surface area contributed by atoms with Crippen LogP contribution in [0.5, 0.6) is 0 Å². The Morgan fingerprint density at radius 1 is 1.92 bits per heavy atom. The van der Waals surface area contributed by atoms with E-state index in [1.54, 1.807) is 6.92 Å². The van der Waals surface area contributed by atoms with Crippen LogP contribution in [0.3, 0.4) is 0 Å². The zero-order chi connectivity index (χ0) is 9.56. The number of hydrogen-bond donors (Lipinski definition) is 1. The topological polar surface area (TPSA) is 61.1 Å². The first-order valence-electron chi connectivity index (χ1n) is 3.61. The molecule has 3 nitrogen and oxygen atoms in total. The van der Waals surface area contributed by atoms with Gasteiger partial charge in [0.25, 0.3) is 0 Å². The highest BCUT2D eigenvalue weighted by atomic mass is 31.1. The molecule has 0 aliphatic carbocycles. The maximum absolute atomic E-state index is 12.8. The van der Waals surface area contributed by atoms with Crippen molar-refractivity contribution in [3.8, 4) is 6.07 Å². The third kappa shape index (κ3) is 3.66. The van der Waals surface area contributed by atoms with Crippen LogP contribution in [0.15, 0.2) is 11.9 Å².